The van der Waals surface area contributed by atoms with Gasteiger partial charge in [0.25, 0.3) is 0 Å². The lowest BCUT2D eigenvalue weighted by molar-refractivity contribution is -0.137. The second kappa shape index (κ2) is 5.12. The summed E-state index contributed by atoms with van der Waals surface area (Å²) in [6.45, 7) is 4.21. The highest BCUT2D eigenvalue weighted by molar-refractivity contribution is 5.50. The van der Waals surface area contributed by atoms with Crippen LogP contribution in [0, 0.1) is 5.41 Å². The van der Waals surface area contributed by atoms with E-state index >= 15 is 0 Å². The van der Waals surface area contributed by atoms with Gasteiger partial charge in [-0.25, -0.2) is 10.8 Å². The molecule has 0 saturated heterocycles. The van der Waals surface area contributed by atoms with Crippen molar-refractivity contribution < 1.29 is 13.2 Å². The van der Waals surface area contributed by atoms with Gasteiger partial charge in [-0.2, -0.15) is 13.2 Å². The number of alkyl halides is 3. The maximum absolute atomic E-state index is 12.8. The molecule has 4 N–H and O–H groups in total. The van der Waals surface area contributed by atoms with Gasteiger partial charge in [0.2, 0.25) is 0 Å². The Morgan fingerprint density at radius 3 is 2.45 bits per heavy atom. The van der Waals surface area contributed by atoms with Crippen LogP contribution in [-0.4, -0.2) is 11.0 Å². The van der Waals surface area contributed by atoms with Crippen LogP contribution in [0.15, 0.2) is 12.1 Å². The van der Waals surface area contributed by atoms with Crippen LogP contribution in [0.25, 0.3) is 0 Å². The summed E-state index contributed by atoms with van der Waals surface area (Å²) in [5.74, 6) is 5.38. The number of anilines is 2. The van der Waals surface area contributed by atoms with Crippen molar-refractivity contribution in [1.82, 2.24) is 4.98 Å². The number of rotatable bonds is 3. The normalized spacial score (nSPS) is 21.8. The molecule has 2 rings (SSSR count). The third-order valence-electron chi connectivity index (χ3n) is 3.88. The van der Waals surface area contributed by atoms with Gasteiger partial charge in [0, 0.05) is 6.04 Å². The number of aromatic nitrogens is 1. The number of nitrogens with two attached hydrogens (primary N) is 1. The topological polar surface area (TPSA) is 63.0 Å². The highest BCUT2D eigenvalue weighted by Gasteiger charge is 2.36. The summed E-state index contributed by atoms with van der Waals surface area (Å²) in [5, 5.41) is 3.11. The summed E-state index contributed by atoms with van der Waals surface area (Å²) in [5.41, 5.74) is 1.46. The van der Waals surface area contributed by atoms with Gasteiger partial charge in [0.05, 0.1) is 5.56 Å². The second-order valence-electron chi connectivity index (χ2n) is 5.85. The molecule has 1 aliphatic rings. The lowest BCUT2D eigenvalue weighted by Crippen LogP contribution is -2.31. The molecule has 4 nitrogen and oxygen atoms in total. The Hall–Kier alpha value is -1.50. The average molecular weight is 288 g/mol. The smallest absolute Gasteiger partial charge is 0.367 e. The Labute approximate surface area is 115 Å². The first kappa shape index (κ1) is 14.9. The largest absolute Gasteiger partial charge is 0.416 e. The van der Waals surface area contributed by atoms with E-state index in [1.807, 2.05) is 0 Å². The van der Waals surface area contributed by atoms with Crippen molar-refractivity contribution in [2.24, 2.45) is 11.3 Å². The first-order valence-corrected chi connectivity index (χ1v) is 6.55. The van der Waals surface area contributed by atoms with Crippen LogP contribution in [0.4, 0.5) is 24.8 Å². The quantitative estimate of drug-likeness (QED) is 0.589. The molecule has 1 atom stereocenters. The van der Waals surface area contributed by atoms with Gasteiger partial charge in [-0.3, -0.25) is 0 Å². The number of hydrogen-bond donors (Lipinski definition) is 3. The lowest BCUT2D eigenvalue weighted by atomic mass is 9.87. The zero-order chi connectivity index (χ0) is 15.0. The number of pyridine rings is 1. The Kier molecular flexibility index (Phi) is 3.82. The minimum atomic E-state index is -4.42. The lowest BCUT2D eigenvalue weighted by Gasteiger charge is -2.28. The van der Waals surface area contributed by atoms with Crippen molar-refractivity contribution in [2.45, 2.75) is 45.3 Å². The Morgan fingerprint density at radius 1 is 1.30 bits per heavy atom. The number of nitrogen functional groups attached to an aromatic ring is 1. The standard InChI is InChI=1S/C13H19F3N4/c1-12(2)5-3-4-9(12)18-10-6-8(13(14,15)16)7-11(19-10)20-17/h6-7,9H,3-5,17H2,1-2H3,(H2,18,19,20). The van der Waals surface area contributed by atoms with Crippen LogP contribution in [0.2, 0.25) is 0 Å². The van der Waals surface area contributed by atoms with Gasteiger partial charge in [0.15, 0.2) is 0 Å². The molecule has 1 aliphatic carbocycles. The molecule has 7 heteroatoms. The zero-order valence-electron chi connectivity index (χ0n) is 11.5. The number of nitrogens with zero attached hydrogens (tertiary/aromatic N) is 1. The maximum Gasteiger partial charge on any atom is 0.416 e. The molecule has 0 radical (unpaired) electrons. The molecule has 0 aliphatic heterocycles. The Balaban J connectivity index is 2.27. The van der Waals surface area contributed by atoms with Crippen LogP contribution in [0.3, 0.4) is 0 Å². The fourth-order valence-electron chi connectivity index (χ4n) is 2.61. The second-order valence-corrected chi connectivity index (χ2v) is 5.85. The molecule has 0 amide bonds. The van der Waals surface area contributed by atoms with Gasteiger partial charge < -0.3 is 10.7 Å². The van der Waals surface area contributed by atoms with Crippen LogP contribution in [0.5, 0.6) is 0 Å². The molecule has 20 heavy (non-hydrogen) atoms. The summed E-state index contributed by atoms with van der Waals surface area (Å²) in [4.78, 5) is 4.05. The molecule has 112 valence electrons. The van der Waals surface area contributed by atoms with Gasteiger partial charge in [-0.05, 0) is 30.4 Å². The molecular formula is C13H19F3N4. The van der Waals surface area contributed by atoms with Crippen molar-refractivity contribution in [3.8, 4) is 0 Å². The van der Waals surface area contributed by atoms with Gasteiger partial charge in [-0.1, -0.05) is 20.3 Å². The van der Waals surface area contributed by atoms with Crippen LogP contribution >= 0.6 is 0 Å². The van der Waals surface area contributed by atoms with Crippen molar-refractivity contribution in [1.29, 1.82) is 0 Å². The van der Waals surface area contributed by atoms with E-state index in [0.29, 0.717) is 0 Å². The molecule has 0 aromatic carbocycles. The number of nitrogens with one attached hydrogen (secondary N) is 2. The highest BCUT2D eigenvalue weighted by atomic mass is 19.4. The van der Waals surface area contributed by atoms with E-state index in [0.717, 1.165) is 31.4 Å². The highest BCUT2D eigenvalue weighted by Crippen LogP contribution is 2.39. The van der Waals surface area contributed by atoms with Crippen molar-refractivity contribution in [2.75, 3.05) is 10.7 Å². The molecule has 1 fully saturated rings. The van der Waals surface area contributed by atoms with Crippen molar-refractivity contribution in [3.63, 3.8) is 0 Å². The molecule has 1 unspecified atom stereocenters. The predicted octanol–water partition coefficient (Wildman–Crippen LogP) is 3.38. The van der Waals surface area contributed by atoms with E-state index in [1.165, 1.54) is 0 Å². The number of hydrazine groups is 1. The molecule has 1 saturated carbocycles. The van der Waals surface area contributed by atoms with E-state index in [9.17, 15) is 13.2 Å². The molecule has 1 heterocycles. The zero-order valence-corrected chi connectivity index (χ0v) is 11.5. The van der Waals surface area contributed by atoms with Crippen LogP contribution < -0.4 is 16.6 Å². The first-order valence-electron chi connectivity index (χ1n) is 6.55. The Morgan fingerprint density at radius 2 is 1.95 bits per heavy atom. The fraction of sp³-hybridized carbons (Fsp3) is 0.615. The molecule has 1 aromatic rings. The van der Waals surface area contributed by atoms with E-state index < -0.39 is 11.7 Å². The van der Waals surface area contributed by atoms with E-state index in [2.05, 4.69) is 29.6 Å². The summed E-state index contributed by atoms with van der Waals surface area (Å²) in [6, 6.07) is 2.03. The first-order chi connectivity index (χ1) is 9.22. The summed E-state index contributed by atoms with van der Waals surface area (Å²) >= 11 is 0. The van der Waals surface area contributed by atoms with Crippen LogP contribution in [-0.2, 0) is 6.18 Å². The van der Waals surface area contributed by atoms with E-state index in [4.69, 9.17) is 5.84 Å². The van der Waals surface area contributed by atoms with Gasteiger partial charge in [-0.15, -0.1) is 0 Å². The monoisotopic (exact) mass is 288 g/mol. The van der Waals surface area contributed by atoms with Gasteiger partial charge in [0.1, 0.15) is 11.6 Å². The SMILES string of the molecule is CC1(C)CCCC1Nc1cc(C(F)(F)F)cc(NN)n1. The van der Waals surface area contributed by atoms with E-state index in [1.54, 1.807) is 0 Å². The maximum atomic E-state index is 12.8. The van der Waals surface area contributed by atoms with Gasteiger partial charge >= 0.3 is 6.18 Å². The summed E-state index contributed by atoms with van der Waals surface area (Å²) < 4.78 is 38.5. The average Bonchev–Trinajstić information content (AvgIpc) is 2.67. The molecular weight excluding hydrogens is 269 g/mol. The molecule has 0 spiro atoms. The minimum absolute atomic E-state index is 0.00173. The summed E-state index contributed by atoms with van der Waals surface area (Å²) in [6.07, 6.45) is -1.39. The Bertz CT molecular complexity index is 485. The van der Waals surface area contributed by atoms with Crippen LogP contribution in [0.1, 0.15) is 38.7 Å². The van der Waals surface area contributed by atoms with Crippen molar-refractivity contribution in [3.05, 3.63) is 17.7 Å². The third-order valence-corrected chi connectivity index (χ3v) is 3.88. The molecule has 0 bridgehead atoms. The number of hydrogen-bond acceptors (Lipinski definition) is 4. The third kappa shape index (κ3) is 3.15. The van der Waals surface area contributed by atoms with E-state index in [-0.39, 0.29) is 23.1 Å². The summed E-state index contributed by atoms with van der Waals surface area (Å²) in [7, 11) is 0. The minimum Gasteiger partial charge on any atom is -0.367 e. The van der Waals surface area contributed by atoms with Crippen molar-refractivity contribution >= 4 is 11.6 Å². The fourth-order valence-corrected chi connectivity index (χ4v) is 2.61. The molecule has 1 aromatic heterocycles. The number of halogens is 3. The predicted molar refractivity (Wildman–Crippen MR) is 72.1 cm³/mol.